The summed E-state index contributed by atoms with van der Waals surface area (Å²) in [6, 6.07) is 13.9. The normalized spacial score (nSPS) is 14.8. The molecule has 0 aromatic heterocycles. The molecule has 3 rings (SSSR count). The van der Waals surface area contributed by atoms with Crippen LogP contribution in [0.1, 0.15) is 29.2 Å². The SMILES string of the molecule is C[C@@H](NCC(=O)O)C(=O)NC1(C(=O)NCc2ccc(C(=N)N)cc2)Cc2ccccc2C1. The first-order valence-corrected chi connectivity index (χ1v) is 10.3. The Balaban J connectivity index is 1.74. The summed E-state index contributed by atoms with van der Waals surface area (Å²) in [5.41, 5.74) is 7.70. The molecule has 1 aliphatic rings. The largest absolute Gasteiger partial charge is 0.480 e. The van der Waals surface area contributed by atoms with Gasteiger partial charge in [-0.25, -0.2) is 0 Å². The highest BCUT2D eigenvalue weighted by atomic mass is 16.4. The van der Waals surface area contributed by atoms with E-state index in [2.05, 4.69) is 16.0 Å². The van der Waals surface area contributed by atoms with Gasteiger partial charge in [0, 0.05) is 24.9 Å². The molecule has 0 radical (unpaired) electrons. The number of hydrogen-bond donors (Lipinski definition) is 6. The van der Waals surface area contributed by atoms with E-state index in [1.54, 1.807) is 31.2 Å². The summed E-state index contributed by atoms with van der Waals surface area (Å²) in [5.74, 6) is -1.86. The highest BCUT2D eigenvalue weighted by molar-refractivity contribution is 5.95. The molecular formula is C23H27N5O4. The summed E-state index contributed by atoms with van der Waals surface area (Å²) < 4.78 is 0. The molecule has 1 atom stereocenters. The molecular weight excluding hydrogens is 410 g/mol. The number of benzene rings is 2. The first-order chi connectivity index (χ1) is 15.2. The van der Waals surface area contributed by atoms with Gasteiger partial charge < -0.3 is 21.5 Å². The fourth-order valence-corrected chi connectivity index (χ4v) is 3.75. The van der Waals surface area contributed by atoms with Crippen LogP contribution in [0.4, 0.5) is 0 Å². The summed E-state index contributed by atoms with van der Waals surface area (Å²) in [7, 11) is 0. The molecule has 0 aliphatic heterocycles. The molecule has 0 saturated heterocycles. The molecule has 0 unspecified atom stereocenters. The van der Waals surface area contributed by atoms with Crippen molar-refractivity contribution in [2.45, 2.75) is 37.9 Å². The van der Waals surface area contributed by atoms with E-state index in [4.69, 9.17) is 16.2 Å². The third-order valence-electron chi connectivity index (χ3n) is 5.57. The van der Waals surface area contributed by atoms with E-state index in [1.165, 1.54) is 0 Å². The average molecular weight is 438 g/mol. The zero-order valence-electron chi connectivity index (χ0n) is 17.8. The van der Waals surface area contributed by atoms with Crippen LogP contribution in [-0.2, 0) is 33.8 Å². The second-order valence-electron chi connectivity index (χ2n) is 7.98. The number of carbonyl (C=O) groups is 3. The summed E-state index contributed by atoms with van der Waals surface area (Å²) >= 11 is 0. The van der Waals surface area contributed by atoms with Crippen LogP contribution in [0.15, 0.2) is 48.5 Å². The molecule has 0 bridgehead atoms. The van der Waals surface area contributed by atoms with Crippen molar-refractivity contribution in [3.8, 4) is 0 Å². The minimum atomic E-state index is -1.17. The molecule has 32 heavy (non-hydrogen) atoms. The second kappa shape index (κ2) is 9.61. The van der Waals surface area contributed by atoms with Crippen LogP contribution in [0.5, 0.6) is 0 Å². The molecule has 2 aromatic carbocycles. The second-order valence-corrected chi connectivity index (χ2v) is 7.98. The number of nitrogen functional groups attached to an aromatic ring is 1. The zero-order chi connectivity index (χ0) is 23.3. The Morgan fingerprint density at radius 3 is 2.22 bits per heavy atom. The van der Waals surface area contributed by atoms with E-state index in [0.717, 1.165) is 16.7 Å². The van der Waals surface area contributed by atoms with Crippen LogP contribution in [0.25, 0.3) is 0 Å². The lowest BCUT2D eigenvalue weighted by Crippen LogP contribution is -2.62. The van der Waals surface area contributed by atoms with Gasteiger partial charge in [-0.2, -0.15) is 0 Å². The number of aliphatic carboxylic acids is 1. The van der Waals surface area contributed by atoms with E-state index in [1.807, 2.05) is 24.3 Å². The Hall–Kier alpha value is -3.72. The Kier molecular flexibility index (Phi) is 6.89. The number of nitrogens with one attached hydrogen (secondary N) is 4. The Morgan fingerprint density at radius 2 is 1.69 bits per heavy atom. The fourth-order valence-electron chi connectivity index (χ4n) is 3.75. The Bertz CT molecular complexity index is 1010. The van der Waals surface area contributed by atoms with Crippen molar-refractivity contribution >= 4 is 23.6 Å². The third-order valence-corrected chi connectivity index (χ3v) is 5.57. The third kappa shape index (κ3) is 5.30. The molecule has 0 heterocycles. The number of carboxylic acid groups (broad SMARTS) is 1. The standard InChI is InChI=1S/C23H27N5O4/c1-14(26-13-19(29)30)21(31)28-23(10-17-4-2-3-5-18(17)11-23)22(32)27-12-15-6-8-16(9-7-15)20(24)25/h2-9,14,26H,10-13H2,1H3,(H3,24,25)(H,27,32)(H,28,31)(H,29,30)/t14-/m1/s1. The van der Waals surface area contributed by atoms with Gasteiger partial charge in [0.15, 0.2) is 0 Å². The highest BCUT2D eigenvalue weighted by Gasteiger charge is 2.45. The van der Waals surface area contributed by atoms with Crippen molar-refractivity contribution in [3.63, 3.8) is 0 Å². The van der Waals surface area contributed by atoms with Crippen molar-refractivity contribution in [3.05, 3.63) is 70.8 Å². The number of fused-ring (bicyclic) bond motifs is 1. The molecule has 168 valence electrons. The van der Waals surface area contributed by atoms with Crippen LogP contribution >= 0.6 is 0 Å². The van der Waals surface area contributed by atoms with Crippen LogP contribution in [0, 0.1) is 5.41 Å². The van der Waals surface area contributed by atoms with Gasteiger partial charge in [0.2, 0.25) is 11.8 Å². The molecule has 9 heteroatoms. The van der Waals surface area contributed by atoms with Gasteiger partial charge in [-0.3, -0.25) is 25.1 Å². The first kappa shape index (κ1) is 23.0. The number of carboxylic acids is 1. The molecule has 0 spiro atoms. The Labute approximate surface area is 185 Å². The Morgan fingerprint density at radius 1 is 1.09 bits per heavy atom. The topological polar surface area (TPSA) is 157 Å². The molecule has 9 nitrogen and oxygen atoms in total. The van der Waals surface area contributed by atoms with Gasteiger partial charge in [0.25, 0.3) is 0 Å². The number of amides is 2. The highest BCUT2D eigenvalue weighted by Crippen LogP contribution is 2.30. The van der Waals surface area contributed by atoms with Crippen molar-refractivity contribution < 1.29 is 19.5 Å². The predicted molar refractivity (Wildman–Crippen MR) is 119 cm³/mol. The van der Waals surface area contributed by atoms with E-state index in [0.29, 0.717) is 18.4 Å². The first-order valence-electron chi connectivity index (χ1n) is 10.3. The lowest BCUT2D eigenvalue weighted by Gasteiger charge is -2.30. The van der Waals surface area contributed by atoms with Gasteiger partial charge >= 0.3 is 5.97 Å². The minimum Gasteiger partial charge on any atom is -0.480 e. The quantitative estimate of drug-likeness (QED) is 0.245. The van der Waals surface area contributed by atoms with Crippen LogP contribution in [0.2, 0.25) is 0 Å². The van der Waals surface area contributed by atoms with Crippen molar-refractivity contribution in [2.24, 2.45) is 5.73 Å². The lowest BCUT2D eigenvalue weighted by molar-refractivity contribution is -0.137. The molecule has 0 fully saturated rings. The molecule has 2 amide bonds. The maximum Gasteiger partial charge on any atom is 0.317 e. The molecule has 7 N–H and O–H groups in total. The van der Waals surface area contributed by atoms with E-state index < -0.39 is 23.5 Å². The van der Waals surface area contributed by atoms with E-state index in [-0.39, 0.29) is 24.8 Å². The maximum absolute atomic E-state index is 13.3. The number of nitrogens with two attached hydrogens (primary N) is 1. The minimum absolute atomic E-state index is 0.0309. The van der Waals surface area contributed by atoms with Crippen LogP contribution < -0.4 is 21.7 Å². The number of carbonyl (C=O) groups excluding carboxylic acids is 2. The van der Waals surface area contributed by atoms with Crippen LogP contribution in [-0.4, -0.2) is 46.9 Å². The zero-order valence-corrected chi connectivity index (χ0v) is 17.8. The predicted octanol–water partition coefficient (Wildman–Crippen LogP) is 0.303. The molecule has 2 aromatic rings. The average Bonchev–Trinajstić information content (AvgIpc) is 3.15. The monoisotopic (exact) mass is 437 g/mol. The van der Waals surface area contributed by atoms with Crippen molar-refractivity contribution in [1.29, 1.82) is 5.41 Å². The summed E-state index contributed by atoms with van der Waals surface area (Å²) in [6.07, 6.45) is 0.686. The van der Waals surface area contributed by atoms with Crippen molar-refractivity contribution in [1.82, 2.24) is 16.0 Å². The van der Waals surface area contributed by atoms with Crippen molar-refractivity contribution in [2.75, 3.05) is 6.54 Å². The summed E-state index contributed by atoms with van der Waals surface area (Å²) in [5, 5.41) is 24.7. The van der Waals surface area contributed by atoms with E-state index in [9.17, 15) is 14.4 Å². The summed E-state index contributed by atoms with van der Waals surface area (Å²) in [6.45, 7) is 1.45. The van der Waals surface area contributed by atoms with Gasteiger partial charge in [0.05, 0.1) is 12.6 Å². The summed E-state index contributed by atoms with van der Waals surface area (Å²) in [4.78, 5) is 36.9. The van der Waals surface area contributed by atoms with E-state index >= 15 is 0 Å². The number of hydrogen-bond acceptors (Lipinski definition) is 5. The lowest BCUT2D eigenvalue weighted by atomic mass is 9.93. The fraction of sp³-hybridized carbons (Fsp3) is 0.304. The number of amidine groups is 1. The van der Waals surface area contributed by atoms with Gasteiger partial charge in [-0.05, 0) is 23.6 Å². The maximum atomic E-state index is 13.3. The van der Waals surface area contributed by atoms with Crippen LogP contribution in [0.3, 0.4) is 0 Å². The van der Waals surface area contributed by atoms with Gasteiger partial charge in [0.1, 0.15) is 11.4 Å². The van der Waals surface area contributed by atoms with Gasteiger partial charge in [-0.15, -0.1) is 0 Å². The number of rotatable bonds is 9. The smallest absolute Gasteiger partial charge is 0.317 e. The van der Waals surface area contributed by atoms with Gasteiger partial charge in [-0.1, -0.05) is 48.5 Å². The molecule has 0 saturated carbocycles. The molecule has 1 aliphatic carbocycles.